The molecule has 0 aliphatic heterocycles. The van der Waals surface area contributed by atoms with E-state index in [1.54, 1.807) is 0 Å². The van der Waals surface area contributed by atoms with Crippen LogP contribution in [-0.4, -0.2) is 102 Å². The van der Waals surface area contributed by atoms with Gasteiger partial charge in [0.25, 0.3) is 0 Å². The van der Waals surface area contributed by atoms with Gasteiger partial charge in [-0.1, -0.05) is 0 Å². The molecule has 64 valence electrons. The Morgan fingerprint density at radius 3 is 0.917 bits per heavy atom. The van der Waals surface area contributed by atoms with Gasteiger partial charge in [-0.15, -0.1) is 0 Å². The molecule has 0 aromatic heterocycles. The monoisotopic (exact) mass is 270 g/mol. The fraction of sp³-hybridized carbons (Fsp3) is 0. The summed E-state index contributed by atoms with van der Waals surface area (Å²) in [5.74, 6) is 0. The molecule has 0 saturated heterocycles. The third-order valence-electron chi connectivity index (χ3n) is 0. The van der Waals surface area contributed by atoms with Crippen LogP contribution in [0.1, 0.15) is 0 Å². The minimum Gasteiger partial charge on any atom is -0.894 e. The van der Waals surface area contributed by atoms with E-state index in [2.05, 4.69) is 0 Å². The van der Waals surface area contributed by atoms with Crippen LogP contribution in [0.2, 0.25) is 0 Å². The molecule has 0 rings (SSSR count). The largest absolute Gasteiger partial charge is 2.00 e. The van der Waals surface area contributed by atoms with Crippen LogP contribution in [0.25, 0.3) is 0 Å². The van der Waals surface area contributed by atoms with Gasteiger partial charge < -0.3 is 28.2 Å². The molecule has 0 saturated carbocycles. The maximum atomic E-state index is 8.74. The van der Waals surface area contributed by atoms with Crippen molar-refractivity contribution in [2.24, 2.45) is 0 Å². The van der Waals surface area contributed by atoms with E-state index in [0.717, 1.165) is 0 Å². The molecule has 0 aromatic carbocycles. The average molecular weight is 270 g/mol. The zero-order valence-corrected chi connectivity index (χ0v) is 11.9. The van der Waals surface area contributed by atoms with Gasteiger partial charge in [0.1, 0.15) is 0 Å². The summed E-state index contributed by atoms with van der Waals surface area (Å²) in [4.78, 5) is 34.3. The first-order valence-electron chi connectivity index (χ1n) is 1.51. The molecule has 0 radical (unpaired) electrons. The van der Waals surface area contributed by atoms with Gasteiger partial charge >= 0.3 is 85.9 Å². The van der Waals surface area contributed by atoms with Crippen molar-refractivity contribution in [2.45, 2.75) is 0 Å². The van der Waals surface area contributed by atoms with Crippen LogP contribution in [0.3, 0.4) is 0 Å². The Balaban J connectivity index is -0.0000000457. The van der Waals surface area contributed by atoms with Crippen molar-refractivity contribution in [3.63, 3.8) is 0 Å². The van der Waals surface area contributed by atoms with Gasteiger partial charge in [-0.05, 0) is 0 Å². The Hall–Kier alpha value is 2.45. The summed E-state index contributed by atoms with van der Waals surface area (Å²) in [7, 11) is -10.3. The first-order chi connectivity index (χ1) is 4.00. The van der Waals surface area contributed by atoms with Crippen molar-refractivity contribution in [3.8, 4) is 0 Å². The zero-order chi connectivity index (χ0) is 9.00. The van der Waals surface area contributed by atoms with Crippen LogP contribution in [0.15, 0.2) is 0 Å². The van der Waals surface area contributed by atoms with Crippen molar-refractivity contribution in [3.05, 3.63) is 0 Å². The van der Waals surface area contributed by atoms with E-state index in [-0.39, 0.29) is 75.5 Å². The van der Waals surface area contributed by atoms with E-state index in [9.17, 15) is 0 Å². The summed E-state index contributed by atoms with van der Waals surface area (Å²) >= 11 is 0. The van der Waals surface area contributed by atoms with E-state index in [1.807, 2.05) is 0 Å². The molecule has 12 heteroatoms. The van der Waals surface area contributed by atoms with Crippen LogP contribution in [0, 0.1) is 0 Å². The quantitative estimate of drug-likeness (QED) is 0.323. The van der Waals surface area contributed by atoms with Crippen molar-refractivity contribution in [2.75, 3.05) is 0 Å². The average Bonchev–Trinajstić information content (AvgIpc) is 1.12. The Morgan fingerprint density at radius 1 is 0.917 bits per heavy atom. The molecule has 0 spiro atoms. The molecule has 0 unspecified atom stereocenters. The molecular weight excluding hydrogens is 268 g/mol. The van der Waals surface area contributed by atoms with Crippen LogP contribution >= 0.6 is 0 Å². The van der Waals surface area contributed by atoms with E-state index in [1.165, 1.54) is 0 Å². The Morgan fingerprint density at radius 2 is 0.917 bits per heavy atom. The molecule has 0 aliphatic rings. The van der Waals surface area contributed by atoms with Gasteiger partial charge in [-0.3, -0.25) is 9.11 Å². The molecule has 0 fully saturated rings. The summed E-state index contributed by atoms with van der Waals surface area (Å²) in [6, 6.07) is 0. The Bertz CT molecular complexity index is 152. The number of hydrogen-bond acceptors (Lipinski definition) is 6. The fourth-order valence-corrected chi connectivity index (χ4v) is 0. The second kappa shape index (κ2) is 9.98. The van der Waals surface area contributed by atoms with Crippen molar-refractivity contribution in [1.82, 2.24) is 0 Å². The van der Waals surface area contributed by atoms with Gasteiger partial charge in [0.15, 0.2) is 0 Å². The van der Waals surface area contributed by atoms with E-state index < -0.39 is 19.4 Å². The van der Waals surface area contributed by atoms with E-state index in [0.29, 0.717) is 0 Å². The topological polar surface area (TPSA) is 167 Å². The van der Waals surface area contributed by atoms with Crippen LogP contribution < -0.4 is 19.2 Å². The molecule has 0 aliphatic carbocycles. The molecule has 12 heavy (non-hydrogen) atoms. The maximum Gasteiger partial charge on any atom is 2.00 e. The van der Waals surface area contributed by atoms with Crippen molar-refractivity contribution < 1.29 is 36.7 Å². The number of rotatable bonds is 0. The predicted octanol–water partition coefficient (Wildman–Crippen LogP) is -6.55. The molecule has 2 N–H and O–H groups in total. The van der Waals surface area contributed by atoms with Gasteiger partial charge in [0.05, 0.1) is 0 Å². The van der Waals surface area contributed by atoms with Crippen LogP contribution in [0.5, 0.6) is 0 Å². The van der Waals surface area contributed by atoms with Gasteiger partial charge in [-0.25, -0.2) is 0 Å². The maximum absolute atomic E-state index is 8.74. The third-order valence-corrected chi connectivity index (χ3v) is 0. The summed E-state index contributed by atoms with van der Waals surface area (Å²) in [5.41, 5.74) is 0. The molecular formula is H2Ca2O8SSi. The van der Waals surface area contributed by atoms with Gasteiger partial charge in [0.2, 0.25) is 0 Å². The summed E-state index contributed by atoms with van der Waals surface area (Å²) in [5, 5.41) is 0. The molecule has 8 nitrogen and oxygen atoms in total. The van der Waals surface area contributed by atoms with Crippen molar-refractivity contribution in [1.29, 1.82) is 0 Å². The smallest absolute Gasteiger partial charge is 0.894 e. The molecule has 0 heterocycles. The normalized spacial score (nSPS) is 9.83. The molecule has 0 bridgehead atoms. The fourth-order valence-electron chi connectivity index (χ4n) is 0. The summed E-state index contributed by atoms with van der Waals surface area (Å²) in [6.45, 7) is 0. The minimum absolute atomic E-state index is 0. The predicted molar refractivity (Wildman–Crippen MR) is 31.4 cm³/mol. The summed E-state index contributed by atoms with van der Waals surface area (Å²) < 4.78 is 31.6. The Kier molecular flexibility index (Phi) is 19.9. The van der Waals surface area contributed by atoms with Crippen molar-refractivity contribution >= 4 is 94.9 Å². The standard InChI is InChI=1S/2Ca.H2O4S.O4Si/c;;2*1-5(2,3)4/h;;(H2,1,2,3,4);/q2*+2;;-4. The number of hydrogen-bond donors (Lipinski definition) is 2. The molecule has 0 atom stereocenters. The van der Waals surface area contributed by atoms with Gasteiger partial charge in [0, 0.05) is 0 Å². The molecule has 0 aromatic rings. The van der Waals surface area contributed by atoms with Crippen LogP contribution in [0.4, 0.5) is 0 Å². The zero-order valence-electron chi connectivity index (χ0n) is 5.67. The minimum atomic E-state index is -5.61. The van der Waals surface area contributed by atoms with E-state index >= 15 is 0 Å². The second-order valence-electron chi connectivity index (χ2n) is 0.948. The first-order valence-corrected chi connectivity index (χ1v) is 4.54. The third kappa shape index (κ3) is 272. The Labute approximate surface area is 129 Å². The van der Waals surface area contributed by atoms with Gasteiger partial charge in [-0.2, -0.15) is 8.42 Å². The SMILES string of the molecule is O=S(=O)(O)O.[Ca+2].[Ca+2].[O-][Si]([O-])([O-])[O-]. The molecule has 0 amide bonds. The second-order valence-corrected chi connectivity index (χ2v) is 2.84. The summed E-state index contributed by atoms with van der Waals surface area (Å²) in [6.07, 6.45) is 0. The first kappa shape index (κ1) is 23.9. The van der Waals surface area contributed by atoms with E-state index in [4.69, 9.17) is 36.7 Å². The van der Waals surface area contributed by atoms with Crippen LogP contribution in [-0.2, 0) is 10.4 Å².